The quantitative estimate of drug-likeness (QED) is 0.504. The Morgan fingerprint density at radius 1 is 1.11 bits per heavy atom. The van der Waals surface area contributed by atoms with Crippen LogP contribution in [-0.2, 0) is 11.8 Å². The first-order valence-electron chi connectivity index (χ1n) is 11.7. The number of aryl methyl sites for hydroxylation is 1. The molecule has 0 aliphatic carbocycles. The summed E-state index contributed by atoms with van der Waals surface area (Å²) in [6, 6.07) is 12.1. The molecule has 4 rings (SSSR count). The molecule has 9 heteroatoms. The molecule has 2 aromatic carbocycles. The van der Waals surface area contributed by atoms with Crippen LogP contribution in [0.1, 0.15) is 27.9 Å². The molecule has 2 heterocycles. The number of nitrogens with one attached hydrogen (secondary N) is 1. The molecule has 1 aliphatic rings. The topological polar surface area (TPSA) is 77.9 Å². The van der Waals surface area contributed by atoms with E-state index in [1.807, 2.05) is 18.2 Å². The Hall–Kier alpha value is -4.14. The van der Waals surface area contributed by atoms with Gasteiger partial charge in [0.15, 0.2) is 0 Å². The summed E-state index contributed by atoms with van der Waals surface area (Å²) < 4.78 is 16.0. The third-order valence-electron chi connectivity index (χ3n) is 6.46. The molecule has 0 radical (unpaired) electrons. The highest BCUT2D eigenvalue weighted by Crippen LogP contribution is 2.37. The van der Waals surface area contributed by atoms with Crippen LogP contribution in [0.15, 0.2) is 47.3 Å². The fourth-order valence-corrected chi connectivity index (χ4v) is 4.30. The summed E-state index contributed by atoms with van der Waals surface area (Å²) in [4.78, 5) is 44.2. The second-order valence-corrected chi connectivity index (χ2v) is 9.21. The van der Waals surface area contributed by atoms with Crippen molar-refractivity contribution in [2.75, 3.05) is 42.3 Å². The minimum Gasteiger partial charge on any atom is -0.371 e. The number of carbonyl (C=O) groups is 2. The molecule has 1 fully saturated rings. The third-order valence-corrected chi connectivity index (χ3v) is 6.46. The second kappa shape index (κ2) is 9.85. The summed E-state index contributed by atoms with van der Waals surface area (Å²) in [5, 5.41) is 2.95. The zero-order chi connectivity index (χ0) is 26.1. The lowest BCUT2D eigenvalue weighted by atomic mass is 10.1. The van der Waals surface area contributed by atoms with Crippen molar-refractivity contribution in [1.29, 1.82) is 0 Å². The Kier molecular flexibility index (Phi) is 6.83. The lowest BCUT2D eigenvalue weighted by molar-refractivity contribution is -0.106. The van der Waals surface area contributed by atoms with Crippen molar-refractivity contribution >= 4 is 40.9 Å². The first kappa shape index (κ1) is 25.0. The number of benzene rings is 2. The Balaban J connectivity index is 1.97. The predicted molar refractivity (Wildman–Crippen MR) is 140 cm³/mol. The molecule has 1 N–H and O–H groups in total. The summed E-state index contributed by atoms with van der Waals surface area (Å²) in [6.45, 7) is 5.20. The molecule has 0 spiro atoms. The lowest BCUT2D eigenvalue weighted by Crippen LogP contribution is -2.37. The molecule has 1 saturated heterocycles. The van der Waals surface area contributed by atoms with Gasteiger partial charge in [0.25, 0.3) is 11.5 Å². The minimum absolute atomic E-state index is 0.0843. The molecule has 8 nitrogen and oxygen atoms in total. The van der Waals surface area contributed by atoms with Crippen molar-refractivity contribution in [1.82, 2.24) is 9.47 Å². The standard InChI is InChI=1S/C27H30FN5O3/c1-17-10-11-22(21(28)14-17)29-25-23(27(36)30(3)4)24(18(2)26(35)31(25)5)33(16-34)20-9-6-8-19(15-20)32-12-7-13-32/h6,8-11,14-16,29H,7,12-13H2,1-5H3. The first-order chi connectivity index (χ1) is 17.1. The van der Waals surface area contributed by atoms with Gasteiger partial charge in [-0.25, -0.2) is 4.39 Å². The highest BCUT2D eigenvalue weighted by Gasteiger charge is 2.29. The van der Waals surface area contributed by atoms with E-state index >= 15 is 0 Å². The summed E-state index contributed by atoms with van der Waals surface area (Å²) in [5.74, 6) is -0.875. The van der Waals surface area contributed by atoms with Gasteiger partial charge in [0.05, 0.1) is 17.1 Å². The lowest BCUT2D eigenvalue weighted by Gasteiger charge is -2.34. The summed E-state index contributed by atoms with van der Waals surface area (Å²) in [6.07, 6.45) is 1.70. The molecule has 0 saturated carbocycles. The van der Waals surface area contributed by atoms with E-state index in [4.69, 9.17) is 0 Å². The molecule has 188 valence electrons. The van der Waals surface area contributed by atoms with Gasteiger partial charge < -0.3 is 15.1 Å². The van der Waals surface area contributed by atoms with E-state index in [9.17, 15) is 18.8 Å². The first-order valence-corrected chi connectivity index (χ1v) is 11.7. The van der Waals surface area contributed by atoms with Crippen molar-refractivity contribution in [2.45, 2.75) is 20.3 Å². The van der Waals surface area contributed by atoms with Crippen molar-refractivity contribution in [2.24, 2.45) is 7.05 Å². The van der Waals surface area contributed by atoms with Gasteiger partial charge in [0, 0.05) is 45.5 Å². The molecule has 1 aromatic heterocycles. The Morgan fingerprint density at radius 3 is 2.42 bits per heavy atom. The van der Waals surface area contributed by atoms with E-state index < -0.39 is 17.3 Å². The van der Waals surface area contributed by atoms with Crippen molar-refractivity contribution in [3.8, 4) is 0 Å². The fourth-order valence-electron chi connectivity index (χ4n) is 4.30. The average Bonchev–Trinajstić information content (AvgIpc) is 2.81. The van der Waals surface area contributed by atoms with Crippen molar-refractivity contribution < 1.29 is 14.0 Å². The fraction of sp³-hybridized carbons (Fsp3) is 0.296. The number of anilines is 5. The van der Waals surface area contributed by atoms with Gasteiger partial charge in [0.2, 0.25) is 6.41 Å². The molecule has 3 aromatic rings. The van der Waals surface area contributed by atoms with Gasteiger partial charge in [-0.3, -0.25) is 23.9 Å². The molecular formula is C27H30FN5O3. The summed E-state index contributed by atoms with van der Waals surface area (Å²) >= 11 is 0. The largest absolute Gasteiger partial charge is 0.371 e. The molecule has 0 unspecified atom stereocenters. The van der Waals surface area contributed by atoms with E-state index in [1.165, 1.54) is 27.5 Å². The number of halogens is 1. The number of aromatic nitrogens is 1. The van der Waals surface area contributed by atoms with Crippen LogP contribution >= 0.6 is 0 Å². The molecule has 0 bridgehead atoms. The van der Waals surface area contributed by atoms with Gasteiger partial charge in [-0.15, -0.1) is 0 Å². The van der Waals surface area contributed by atoms with Gasteiger partial charge in [0.1, 0.15) is 17.2 Å². The normalized spacial score (nSPS) is 12.7. The maximum Gasteiger partial charge on any atom is 0.259 e. The van der Waals surface area contributed by atoms with Crippen LogP contribution in [0, 0.1) is 19.7 Å². The van der Waals surface area contributed by atoms with E-state index in [1.54, 1.807) is 46.1 Å². The van der Waals surface area contributed by atoms with Gasteiger partial charge in [-0.1, -0.05) is 12.1 Å². The molecule has 2 amide bonds. The number of amides is 2. The number of hydrogen-bond donors (Lipinski definition) is 1. The number of hydrogen-bond acceptors (Lipinski definition) is 5. The minimum atomic E-state index is -0.526. The van der Waals surface area contributed by atoms with E-state index in [2.05, 4.69) is 10.2 Å². The molecular weight excluding hydrogens is 461 g/mol. The van der Waals surface area contributed by atoms with Crippen LogP contribution in [0.5, 0.6) is 0 Å². The van der Waals surface area contributed by atoms with E-state index in [-0.39, 0.29) is 28.3 Å². The van der Waals surface area contributed by atoms with Crippen LogP contribution < -0.4 is 20.7 Å². The number of nitrogens with zero attached hydrogens (tertiary/aromatic N) is 4. The second-order valence-electron chi connectivity index (χ2n) is 9.21. The van der Waals surface area contributed by atoms with Gasteiger partial charge >= 0.3 is 0 Å². The zero-order valence-corrected chi connectivity index (χ0v) is 21.1. The van der Waals surface area contributed by atoms with Gasteiger partial charge in [-0.2, -0.15) is 0 Å². The Bertz CT molecular complexity index is 1390. The van der Waals surface area contributed by atoms with Crippen LogP contribution in [0.2, 0.25) is 0 Å². The maximum atomic E-state index is 14.8. The molecule has 36 heavy (non-hydrogen) atoms. The van der Waals surface area contributed by atoms with Gasteiger partial charge in [-0.05, 0) is 56.2 Å². The summed E-state index contributed by atoms with van der Waals surface area (Å²) in [5.41, 5.74) is 2.36. The highest BCUT2D eigenvalue weighted by atomic mass is 19.1. The zero-order valence-electron chi connectivity index (χ0n) is 21.1. The SMILES string of the molecule is Cc1ccc(Nc2c(C(=O)N(C)C)c(N(C=O)c3cccc(N4CCC4)c3)c(C)c(=O)n2C)c(F)c1. The average molecular weight is 492 g/mol. The number of pyridine rings is 1. The molecule has 1 aliphatic heterocycles. The monoisotopic (exact) mass is 491 g/mol. The Morgan fingerprint density at radius 2 is 1.83 bits per heavy atom. The van der Waals surface area contributed by atoms with E-state index in [0.717, 1.165) is 30.8 Å². The number of rotatable bonds is 7. The van der Waals surface area contributed by atoms with Crippen molar-refractivity contribution in [3.05, 3.63) is 75.3 Å². The predicted octanol–water partition coefficient (Wildman–Crippen LogP) is 4.09. The third kappa shape index (κ3) is 4.44. The van der Waals surface area contributed by atoms with Crippen LogP contribution in [0.4, 0.5) is 33.0 Å². The van der Waals surface area contributed by atoms with Crippen LogP contribution in [-0.4, -0.2) is 49.0 Å². The summed E-state index contributed by atoms with van der Waals surface area (Å²) in [7, 11) is 4.67. The Labute approximate surface area is 209 Å². The van der Waals surface area contributed by atoms with E-state index in [0.29, 0.717) is 12.1 Å². The smallest absolute Gasteiger partial charge is 0.259 e. The maximum absolute atomic E-state index is 14.8. The number of carbonyl (C=O) groups excluding carboxylic acids is 2. The highest BCUT2D eigenvalue weighted by molar-refractivity contribution is 6.08. The van der Waals surface area contributed by atoms with Crippen molar-refractivity contribution in [3.63, 3.8) is 0 Å². The van der Waals surface area contributed by atoms with Crippen LogP contribution in [0.3, 0.4) is 0 Å². The molecule has 0 atom stereocenters. The van der Waals surface area contributed by atoms with Crippen LogP contribution in [0.25, 0.3) is 0 Å².